The van der Waals surface area contributed by atoms with Crippen LogP contribution in [0.3, 0.4) is 0 Å². The van der Waals surface area contributed by atoms with Crippen LogP contribution in [0, 0.1) is 0 Å². The number of hydrogen-bond donors (Lipinski definition) is 2. The molecule has 3 nitrogen and oxygen atoms in total. The fraction of sp³-hybridized carbons (Fsp3) is 1.00. The molecule has 0 rings (SSSR count). The molecule has 0 aromatic carbocycles. The van der Waals surface area contributed by atoms with Gasteiger partial charge in [0.2, 0.25) is 0 Å². The summed E-state index contributed by atoms with van der Waals surface area (Å²) >= 11 is 0. The standard InChI is InChI=1S/C18H40N2O/c1-6-8-13-20(14-9-7-2)15-11-10-12-18(5,16-21)19-17(3)4/h17,19,21H,6-16H2,1-5H3. The first-order valence-electron chi connectivity index (χ1n) is 9.08. The lowest BCUT2D eigenvalue weighted by Crippen LogP contribution is -2.49. The quantitative estimate of drug-likeness (QED) is 0.479. The van der Waals surface area contributed by atoms with Crippen molar-refractivity contribution in [2.75, 3.05) is 26.2 Å². The molecule has 21 heavy (non-hydrogen) atoms. The Labute approximate surface area is 133 Å². The van der Waals surface area contributed by atoms with Gasteiger partial charge in [-0.15, -0.1) is 0 Å². The van der Waals surface area contributed by atoms with Crippen molar-refractivity contribution < 1.29 is 5.11 Å². The van der Waals surface area contributed by atoms with E-state index in [1.165, 1.54) is 58.2 Å². The van der Waals surface area contributed by atoms with Crippen molar-refractivity contribution in [3.8, 4) is 0 Å². The molecule has 0 spiro atoms. The van der Waals surface area contributed by atoms with Crippen molar-refractivity contribution >= 4 is 0 Å². The SMILES string of the molecule is CCCCN(CCCC)CCCCC(C)(CO)NC(C)C. The Bertz CT molecular complexity index is 225. The lowest BCUT2D eigenvalue weighted by molar-refractivity contribution is 0.151. The number of nitrogens with one attached hydrogen (secondary N) is 1. The van der Waals surface area contributed by atoms with Gasteiger partial charge >= 0.3 is 0 Å². The lowest BCUT2D eigenvalue weighted by Gasteiger charge is -2.31. The first-order valence-corrected chi connectivity index (χ1v) is 9.08. The molecule has 0 amide bonds. The Morgan fingerprint density at radius 1 is 0.952 bits per heavy atom. The van der Waals surface area contributed by atoms with Crippen LogP contribution in [-0.4, -0.2) is 47.8 Å². The number of nitrogens with zero attached hydrogens (tertiary/aromatic N) is 1. The van der Waals surface area contributed by atoms with E-state index in [-0.39, 0.29) is 12.1 Å². The Kier molecular flexibility index (Phi) is 12.4. The average Bonchev–Trinajstić information content (AvgIpc) is 2.44. The van der Waals surface area contributed by atoms with Gasteiger partial charge in [-0.2, -0.15) is 0 Å². The molecule has 0 saturated carbocycles. The predicted molar refractivity (Wildman–Crippen MR) is 93.9 cm³/mol. The van der Waals surface area contributed by atoms with Crippen molar-refractivity contribution in [2.45, 2.75) is 91.1 Å². The van der Waals surface area contributed by atoms with Crippen LogP contribution in [0.4, 0.5) is 0 Å². The highest BCUT2D eigenvalue weighted by molar-refractivity contribution is 4.83. The summed E-state index contributed by atoms with van der Waals surface area (Å²) < 4.78 is 0. The van der Waals surface area contributed by atoms with E-state index in [4.69, 9.17) is 0 Å². The number of rotatable bonds is 14. The molecule has 0 aromatic heterocycles. The minimum atomic E-state index is -0.119. The second kappa shape index (κ2) is 12.4. The summed E-state index contributed by atoms with van der Waals surface area (Å²) in [4.78, 5) is 2.62. The monoisotopic (exact) mass is 300 g/mol. The molecule has 2 N–H and O–H groups in total. The van der Waals surface area contributed by atoms with E-state index in [2.05, 4.69) is 44.8 Å². The minimum absolute atomic E-state index is 0.119. The molecule has 0 aliphatic carbocycles. The van der Waals surface area contributed by atoms with Gasteiger partial charge in [0, 0.05) is 11.6 Å². The first kappa shape index (κ1) is 20.9. The maximum Gasteiger partial charge on any atom is 0.0610 e. The minimum Gasteiger partial charge on any atom is -0.394 e. The summed E-state index contributed by atoms with van der Waals surface area (Å²) in [6.07, 6.45) is 8.67. The van der Waals surface area contributed by atoms with Gasteiger partial charge in [0.15, 0.2) is 0 Å². The number of hydrogen-bond acceptors (Lipinski definition) is 3. The molecule has 128 valence electrons. The third-order valence-electron chi connectivity index (χ3n) is 4.09. The van der Waals surface area contributed by atoms with Gasteiger partial charge in [0.1, 0.15) is 0 Å². The molecule has 1 unspecified atom stereocenters. The second-order valence-electron chi connectivity index (χ2n) is 7.02. The van der Waals surface area contributed by atoms with Gasteiger partial charge in [-0.3, -0.25) is 0 Å². The molecule has 0 radical (unpaired) electrons. The van der Waals surface area contributed by atoms with Gasteiger partial charge in [-0.1, -0.05) is 47.0 Å². The molecule has 0 aliphatic heterocycles. The van der Waals surface area contributed by atoms with Crippen LogP contribution in [0.25, 0.3) is 0 Å². The largest absolute Gasteiger partial charge is 0.394 e. The summed E-state index contributed by atoms with van der Waals surface area (Å²) in [5.41, 5.74) is -0.119. The number of unbranched alkanes of at least 4 members (excludes halogenated alkanes) is 3. The van der Waals surface area contributed by atoms with Crippen molar-refractivity contribution in [3.05, 3.63) is 0 Å². The third-order valence-corrected chi connectivity index (χ3v) is 4.09. The fourth-order valence-electron chi connectivity index (χ4n) is 2.84. The lowest BCUT2D eigenvalue weighted by atomic mass is 9.94. The van der Waals surface area contributed by atoms with E-state index in [1.807, 2.05) is 0 Å². The summed E-state index contributed by atoms with van der Waals surface area (Å²) in [5.74, 6) is 0. The zero-order chi connectivity index (χ0) is 16.1. The maximum atomic E-state index is 9.60. The van der Waals surface area contributed by atoms with Gasteiger partial charge in [-0.25, -0.2) is 0 Å². The highest BCUT2D eigenvalue weighted by atomic mass is 16.3. The highest BCUT2D eigenvalue weighted by Crippen LogP contribution is 2.15. The van der Waals surface area contributed by atoms with E-state index in [9.17, 15) is 5.11 Å². The molecule has 0 heterocycles. The Balaban J connectivity index is 4.00. The van der Waals surface area contributed by atoms with E-state index in [0.717, 1.165) is 6.42 Å². The van der Waals surface area contributed by atoms with Crippen LogP contribution in [0.2, 0.25) is 0 Å². The van der Waals surface area contributed by atoms with Crippen LogP contribution >= 0.6 is 0 Å². The molecule has 0 fully saturated rings. The second-order valence-corrected chi connectivity index (χ2v) is 7.02. The van der Waals surface area contributed by atoms with Crippen molar-refractivity contribution in [3.63, 3.8) is 0 Å². The molecule has 1 atom stereocenters. The van der Waals surface area contributed by atoms with Crippen LogP contribution < -0.4 is 5.32 Å². The molecular weight excluding hydrogens is 260 g/mol. The van der Waals surface area contributed by atoms with Crippen LogP contribution in [0.5, 0.6) is 0 Å². The zero-order valence-electron chi connectivity index (χ0n) is 15.2. The summed E-state index contributed by atoms with van der Waals surface area (Å²) in [7, 11) is 0. The Morgan fingerprint density at radius 3 is 1.90 bits per heavy atom. The predicted octanol–water partition coefficient (Wildman–Crippen LogP) is 3.81. The molecule has 0 aliphatic rings. The number of aliphatic hydroxyl groups excluding tert-OH is 1. The van der Waals surface area contributed by atoms with Crippen LogP contribution in [0.1, 0.15) is 79.6 Å². The van der Waals surface area contributed by atoms with E-state index in [1.54, 1.807) is 0 Å². The van der Waals surface area contributed by atoms with Crippen molar-refractivity contribution in [1.29, 1.82) is 0 Å². The molecule has 0 saturated heterocycles. The Morgan fingerprint density at radius 2 is 1.48 bits per heavy atom. The summed E-state index contributed by atoms with van der Waals surface area (Å²) in [5, 5.41) is 13.1. The zero-order valence-corrected chi connectivity index (χ0v) is 15.2. The fourth-order valence-corrected chi connectivity index (χ4v) is 2.84. The molecule has 3 heteroatoms. The number of aliphatic hydroxyl groups is 1. The Hall–Kier alpha value is -0.120. The van der Waals surface area contributed by atoms with E-state index in [0.29, 0.717) is 6.04 Å². The normalized spacial score (nSPS) is 14.9. The van der Waals surface area contributed by atoms with Gasteiger partial charge in [0.05, 0.1) is 6.61 Å². The first-order chi connectivity index (χ1) is 9.97. The smallest absolute Gasteiger partial charge is 0.0610 e. The molecular formula is C18H40N2O. The van der Waals surface area contributed by atoms with Crippen molar-refractivity contribution in [2.24, 2.45) is 0 Å². The third kappa shape index (κ3) is 11.1. The van der Waals surface area contributed by atoms with Crippen molar-refractivity contribution in [1.82, 2.24) is 10.2 Å². The summed E-state index contributed by atoms with van der Waals surface area (Å²) in [6, 6.07) is 0.424. The molecule has 0 aromatic rings. The average molecular weight is 301 g/mol. The van der Waals surface area contributed by atoms with Crippen LogP contribution in [-0.2, 0) is 0 Å². The maximum absolute atomic E-state index is 9.60. The van der Waals surface area contributed by atoms with Gasteiger partial charge in [0.25, 0.3) is 0 Å². The van der Waals surface area contributed by atoms with Gasteiger partial charge < -0.3 is 15.3 Å². The van der Waals surface area contributed by atoms with E-state index >= 15 is 0 Å². The molecule has 0 bridgehead atoms. The van der Waals surface area contributed by atoms with Crippen LogP contribution in [0.15, 0.2) is 0 Å². The topological polar surface area (TPSA) is 35.5 Å². The van der Waals surface area contributed by atoms with E-state index < -0.39 is 0 Å². The van der Waals surface area contributed by atoms with Gasteiger partial charge in [-0.05, 0) is 52.2 Å². The summed E-state index contributed by atoms with van der Waals surface area (Å²) in [6.45, 7) is 14.9. The highest BCUT2D eigenvalue weighted by Gasteiger charge is 2.23.